The molecule has 0 heterocycles. The average Bonchev–Trinajstić information content (AvgIpc) is 2.40. The van der Waals surface area contributed by atoms with Crippen LogP contribution in [0.5, 0.6) is 0 Å². The van der Waals surface area contributed by atoms with Crippen LogP contribution in [0.25, 0.3) is 0 Å². The summed E-state index contributed by atoms with van der Waals surface area (Å²) in [4.78, 5) is 34.8. The van der Waals surface area contributed by atoms with Crippen molar-refractivity contribution in [2.45, 2.75) is 59.0 Å². The number of rotatable bonds is 9. The van der Waals surface area contributed by atoms with Crippen molar-refractivity contribution < 1.29 is 14.4 Å². The highest BCUT2D eigenvalue weighted by atomic mass is 16.2. The summed E-state index contributed by atoms with van der Waals surface area (Å²) < 4.78 is 0. The van der Waals surface area contributed by atoms with E-state index in [9.17, 15) is 14.4 Å². The molecule has 0 saturated heterocycles. The lowest BCUT2D eigenvalue weighted by atomic mass is 10.1. The second-order valence-electron chi connectivity index (χ2n) is 5.35. The lowest BCUT2D eigenvalue weighted by Crippen LogP contribution is -2.49. The number of ketones is 1. The second-order valence-corrected chi connectivity index (χ2v) is 5.35. The smallest absolute Gasteiger partial charge is 0.239 e. The highest BCUT2D eigenvalue weighted by Gasteiger charge is 2.19. The summed E-state index contributed by atoms with van der Waals surface area (Å²) in [5, 5.41) is 5.03. The van der Waals surface area contributed by atoms with Gasteiger partial charge >= 0.3 is 0 Å². The summed E-state index contributed by atoms with van der Waals surface area (Å²) in [5.74, 6) is -0.732. The summed E-state index contributed by atoms with van der Waals surface area (Å²) in [6.07, 6.45) is 2.22. The molecule has 0 aromatic rings. The predicted molar refractivity (Wildman–Crippen MR) is 78.0 cm³/mol. The summed E-state index contributed by atoms with van der Waals surface area (Å²) in [6, 6.07) is -1.16. The van der Waals surface area contributed by atoms with Crippen LogP contribution in [0.3, 0.4) is 0 Å². The average molecular weight is 285 g/mol. The highest BCUT2D eigenvalue weighted by Crippen LogP contribution is 1.99. The van der Waals surface area contributed by atoms with Gasteiger partial charge in [0.05, 0.1) is 18.6 Å². The number of Topliss-reactive ketones (excluding diaryl/α,β-unsaturated/α-hetero) is 1. The Hall–Kier alpha value is -1.43. The Kier molecular flexibility index (Phi) is 8.79. The molecule has 6 nitrogen and oxygen atoms in total. The number of nitrogens with one attached hydrogen (secondary N) is 2. The molecule has 0 spiro atoms. The van der Waals surface area contributed by atoms with Gasteiger partial charge in [-0.05, 0) is 19.3 Å². The van der Waals surface area contributed by atoms with Crippen molar-refractivity contribution in [2.75, 3.05) is 6.54 Å². The van der Waals surface area contributed by atoms with E-state index >= 15 is 0 Å². The third kappa shape index (κ3) is 7.23. The quantitative estimate of drug-likeness (QED) is 0.569. The first-order valence-corrected chi connectivity index (χ1v) is 7.14. The number of carbonyl (C=O) groups excluding carboxylic acids is 3. The zero-order chi connectivity index (χ0) is 15.7. The maximum atomic E-state index is 11.7. The topological polar surface area (TPSA) is 101 Å². The third-order valence-corrected chi connectivity index (χ3v) is 3.08. The third-order valence-electron chi connectivity index (χ3n) is 3.08. The molecule has 0 aliphatic rings. The van der Waals surface area contributed by atoms with Gasteiger partial charge in [-0.2, -0.15) is 0 Å². The van der Waals surface area contributed by atoms with Gasteiger partial charge in [0.15, 0.2) is 5.78 Å². The predicted octanol–water partition coefficient (Wildman–Crippen LogP) is 0.350. The molecular weight excluding hydrogens is 258 g/mol. The number of carbonyl (C=O) groups is 3. The van der Waals surface area contributed by atoms with E-state index in [1.54, 1.807) is 6.92 Å². The van der Waals surface area contributed by atoms with Crippen molar-refractivity contribution in [3.8, 4) is 0 Å². The van der Waals surface area contributed by atoms with Gasteiger partial charge in [0.2, 0.25) is 11.8 Å². The van der Waals surface area contributed by atoms with Crippen LogP contribution in [0.1, 0.15) is 47.0 Å². The largest absolute Gasteiger partial charge is 0.346 e. The van der Waals surface area contributed by atoms with Crippen LogP contribution in [0.2, 0.25) is 0 Å². The van der Waals surface area contributed by atoms with Crippen LogP contribution in [-0.4, -0.2) is 36.2 Å². The van der Waals surface area contributed by atoms with Crippen LogP contribution < -0.4 is 16.4 Å². The molecule has 0 rings (SSSR count). The van der Waals surface area contributed by atoms with Crippen molar-refractivity contribution in [1.29, 1.82) is 0 Å². The number of unbranched alkanes of at least 4 members (excludes halogenated alkanes) is 1. The maximum Gasteiger partial charge on any atom is 0.239 e. The Labute approximate surface area is 120 Å². The summed E-state index contributed by atoms with van der Waals surface area (Å²) in [6.45, 7) is 7.16. The minimum atomic E-state index is -0.633. The van der Waals surface area contributed by atoms with Gasteiger partial charge in [0, 0.05) is 6.42 Å². The normalized spacial score (nSPS) is 13.7. The van der Waals surface area contributed by atoms with E-state index in [0.29, 0.717) is 6.42 Å². The Morgan fingerprint density at radius 3 is 2.25 bits per heavy atom. The van der Waals surface area contributed by atoms with Crippen LogP contribution in [0, 0.1) is 5.92 Å². The minimum Gasteiger partial charge on any atom is -0.346 e. The van der Waals surface area contributed by atoms with E-state index in [4.69, 9.17) is 5.73 Å². The molecule has 2 atom stereocenters. The van der Waals surface area contributed by atoms with Gasteiger partial charge in [-0.1, -0.05) is 27.2 Å². The van der Waals surface area contributed by atoms with Crippen molar-refractivity contribution in [3.63, 3.8) is 0 Å². The van der Waals surface area contributed by atoms with Gasteiger partial charge in [-0.25, -0.2) is 0 Å². The van der Waals surface area contributed by atoms with Gasteiger partial charge in [0.25, 0.3) is 0 Å². The van der Waals surface area contributed by atoms with Crippen molar-refractivity contribution in [1.82, 2.24) is 10.6 Å². The molecule has 0 saturated carbocycles. The Morgan fingerprint density at radius 2 is 1.75 bits per heavy atom. The van der Waals surface area contributed by atoms with Gasteiger partial charge in [-0.15, -0.1) is 0 Å². The summed E-state index contributed by atoms with van der Waals surface area (Å²) in [7, 11) is 0. The monoisotopic (exact) mass is 285 g/mol. The molecule has 116 valence electrons. The second kappa shape index (κ2) is 9.47. The van der Waals surface area contributed by atoms with E-state index < -0.39 is 12.1 Å². The molecule has 0 fully saturated rings. The summed E-state index contributed by atoms with van der Waals surface area (Å²) in [5.41, 5.74) is 5.65. The van der Waals surface area contributed by atoms with E-state index in [1.165, 1.54) is 0 Å². The molecule has 2 unspecified atom stereocenters. The molecule has 0 aromatic heterocycles. The number of hydrogen-bond donors (Lipinski definition) is 3. The molecule has 2 amide bonds. The van der Waals surface area contributed by atoms with E-state index in [0.717, 1.165) is 12.8 Å². The first-order chi connectivity index (χ1) is 9.29. The van der Waals surface area contributed by atoms with Gasteiger partial charge < -0.3 is 16.4 Å². The summed E-state index contributed by atoms with van der Waals surface area (Å²) >= 11 is 0. The van der Waals surface area contributed by atoms with Crippen LogP contribution >= 0.6 is 0 Å². The van der Waals surface area contributed by atoms with Gasteiger partial charge in [-0.3, -0.25) is 14.4 Å². The molecule has 0 bridgehead atoms. The van der Waals surface area contributed by atoms with Gasteiger partial charge in [0.1, 0.15) is 0 Å². The Balaban J connectivity index is 4.05. The SMILES string of the molecule is CCCCC(=O)C(C)NC(=O)CNC(=O)C(N)C(C)C. The van der Waals surface area contributed by atoms with Crippen LogP contribution in [-0.2, 0) is 14.4 Å². The lowest BCUT2D eigenvalue weighted by Gasteiger charge is -2.16. The Morgan fingerprint density at radius 1 is 1.15 bits per heavy atom. The first kappa shape index (κ1) is 18.6. The van der Waals surface area contributed by atoms with Crippen LogP contribution in [0.15, 0.2) is 0 Å². The molecule has 0 aromatic carbocycles. The minimum absolute atomic E-state index is 0.00501. The molecule has 4 N–H and O–H groups in total. The van der Waals surface area contributed by atoms with Crippen molar-refractivity contribution in [3.05, 3.63) is 0 Å². The maximum absolute atomic E-state index is 11.7. The van der Waals surface area contributed by atoms with E-state index in [2.05, 4.69) is 10.6 Å². The number of hydrogen-bond acceptors (Lipinski definition) is 4. The van der Waals surface area contributed by atoms with E-state index in [1.807, 2.05) is 20.8 Å². The molecule has 0 aliphatic heterocycles. The van der Waals surface area contributed by atoms with Crippen molar-refractivity contribution >= 4 is 17.6 Å². The molecule has 0 radical (unpaired) electrons. The lowest BCUT2D eigenvalue weighted by molar-refractivity contribution is -0.129. The Bertz CT molecular complexity index is 343. The fraction of sp³-hybridized carbons (Fsp3) is 0.786. The highest BCUT2D eigenvalue weighted by molar-refractivity contribution is 5.91. The number of nitrogens with two attached hydrogens (primary N) is 1. The first-order valence-electron chi connectivity index (χ1n) is 7.14. The zero-order valence-electron chi connectivity index (χ0n) is 12.9. The molecule has 6 heteroatoms. The van der Waals surface area contributed by atoms with E-state index in [-0.39, 0.29) is 30.1 Å². The molecular formula is C14H27N3O3. The van der Waals surface area contributed by atoms with Crippen LogP contribution in [0.4, 0.5) is 0 Å². The fourth-order valence-electron chi connectivity index (χ4n) is 1.53. The zero-order valence-corrected chi connectivity index (χ0v) is 12.9. The molecule has 0 aliphatic carbocycles. The number of amides is 2. The van der Waals surface area contributed by atoms with Crippen molar-refractivity contribution in [2.24, 2.45) is 11.7 Å². The fourth-order valence-corrected chi connectivity index (χ4v) is 1.53. The molecule has 20 heavy (non-hydrogen) atoms. The standard InChI is InChI=1S/C14H27N3O3/c1-5-6-7-11(18)10(4)17-12(19)8-16-14(20)13(15)9(2)3/h9-10,13H,5-8,15H2,1-4H3,(H,16,20)(H,17,19).